The van der Waals surface area contributed by atoms with E-state index in [0.717, 1.165) is 50.0 Å². The summed E-state index contributed by atoms with van der Waals surface area (Å²) in [5, 5.41) is 3.61. The quantitative estimate of drug-likeness (QED) is 0.542. The molecule has 3 amide bonds. The number of carbonyl (C=O) groups excluding carboxylic acids is 3. The molecule has 1 atom stereocenters. The van der Waals surface area contributed by atoms with Gasteiger partial charge in [-0.25, -0.2) is 9.89 Å². The van der Waals surface area contributed by atoms with E-state index in [1.54, 1.807) is 4.90 Å². The molecule has 6 rings (SSSR count). The number of rotatable bonds is 7. The molecule has 10 heteroatoms. The van der Waals surface area contributed by atoms with Gasteiger partial charge in [0.15, 0.2) is 5.17 Å². The molecule has 9 nitrogen and oxygen atoms in total. The van der Waals surface area contributed by atoms with Crippen LogP contribution in [0.1, 0.15) is 50.5 Å². The first-order valence-corrected chi connectivity index (χ1v) is 15.6. The van der Waals surface area contributed by atoms with Crippen molar-refractivity contribution in [2.24, 2.45) is 9.98 Å². The van der Waals surface area contributed by atoms with Crippen molar-refractivity contribution in [3.05, 3.63) is 60.2 Å². The van der Waals surface area contributed by atoms with Crippen molar-refractivity contribution in [2.75, 3.05) is 36.8 Å². The van der Waals surface area contributed by atoms with Crippen molar-refractivity contribution in [3.8, 4) is 0 Å². The topological polar surface area (TPSA) is 97.7 Å². The van der Waals surface area contributed by atoms with Gasteiger partial charge in [-0.05, 0) is 43.5 Å². The largest absolute Gasteiger partial charge is 0.368 e. The van der Waals surface area contributed by atoms with E-state index in [0.29, 0.717) is 30.5 Å². The Balaban J connectivity index is 1.08. The normalized spacial score (nSPS) is 20.7. The first-order chi connectivity index (χ1) is 20.1. The highest BCUT2D eigenvalue weighted by molar-refractivity contribution is 8.14. The number of para-hydroxylation sites is 2. The number of hydrogen-bond donors (Lipinski definition) is 1. The maximum Gasteiger partial charge on any atom is 0.259 e. The Hall–Kier alpha value is -3.66. The third kappa shape index (κ3) is 6.17. The molecule has 1 aliphatic carbocycles. The van der Waals surface area contributed by atoms with Crippen molar-refractivity contribution in [1.82, 2.24) is 15.1 Å². The molecule has 1 N–H and O–H groups in total. The third-order valence-corrected chi connectivity index (χ3v) is 9.16. The fourth-order valence-corrected chi connectivity index (χ4v) is 6.88. The van der Waals surface area contributed by atoms with Crippen LogP contribution in [0.25, 0.3) is 0 Å². The molecule has 0 radical (unpaired) electrons. The number of benzene rings is 2. The van der Waals surface area contributed by atoms with Gasteiger partial charge < -0.3 is 15.1 Å². The monoisotopic (exact) mass is 572 g/mol. The number of amidine groups is 2. The van der Waals surface area contributed by atoms with Crippen molar-refractivity contribution < 1.29 is 14.4 Å². The lowest BCUT2D eigenvalue weighted by Crippen LogP contribution is -2.49. The Labute approximate surface area is 245 Å². The van der Waals surface area contributed by atoms with E-state index in [1.165, 1.54) is 23.9 Å². The smallest absolute Gasteiger partial charge is 0.259 e. The van der Waals surface area contributed by atoms with Crippen LogP contribution < -0.4 is 10.2 Å². The molecule has 0 bridgehead atoms. The fraction of sp³-hybridized carbons (Fsp3) is 0.452. The zero-order valence-electron chi connectivity index (χ0n) is 23.2. The van der Waals surface area contributed by atoms with Crippen molar-refractivity contribution >= 4 is 51.9 Å². The van der Waals surface area contributed by atoms with E-state index < -0.39 is 6.04 Å². The lowest BCUT2D eigenvalue weighted by atomic mass is 9.95. The first-order valence-electron chi connectivity index (χ1n) is 14.7. The van der Waals surface area contributed by atoms with Crippen molar-refractivity contribution in [1.29, 1.82) is 0 Å². The summed E-state index contributed by atoms with van der Waals surface area (Å²) in [4.78, 5) is 54.6. The number of fused-ring (bicyclic) bond motifs is 3. The van der Waals surface area contributed by atoms with Gasteiger partial charge in [0.2, 0.25) is 11.8 Å². The molecule has 214 valence electrons. The summed E-state index contributed by atoms with van der Waals surface area (Å²) in [5.74, 6) is 0.583. The second-order valence-electron chi connectivity index (χ2n) is 11.0. The molecule has 2 aromatic rings. The number of piperazine rings is 1. The van der Waals surface area contributed by atoms with Crippen molar-refractivity contribution in [3.63, 3.8) is 0 Å². The predicted octanol–water partition coefficient (Wildman–Crippen LogP) is 3.96. The van der Waals surface area contributed by atoms with Crippen LogP contribution in [-0.4, -0.2) is 82.5 Å². The molecular formula is C31H36N6O3S. The lowest BCUT2D eigenvalue weighted by Gasteiger charge is -2.36. The Morgan fingerprint density at radius 1 is 0.927 bits per heavy atom. The maximum atomic E-state index is 13.6. The zero-order valence-corrected chi connectivity index (χ0v) is 24.0. The van der Waals surface area contributed by atoms with Crippen molar-refractivity contribution in [2.45, 2.75) is 57.0 Å². The van der Waals surface area contributed by atoms with E-state index in [2.05, 4.69) is 22.3 Å². The highest BCUT2D eigenvalue weighted by Gasteiger charge is 2.41. The van der Waals surface area contributed by atoms with Gasteiger partial charge >= 0.3 is 0 Å². The van der Waals surface area contributed by atoms with Gasteiger partial charge in [-0.1, -0.05) is 61.4 Å². The molecule has 0 unspecified atom stereocenters. The van der Waals surface area contributed by atoms with Gasteiger partial charge in [0, 0.05) is 49.9 Å². The Morgan fingerprint density at radius 2 is 1.66 bits per heavy atom. The molecule has 41 heavy (non-hydrogen) atoms. The highest BCUT2D eigenvalue weighted by Crippen LogP contribution is 2.34. The number of carbonyl (C=O) groups is 3. The number of hydrogen-bond acceptors (Lipinski definition) is 7. The van der Waals surface area contributed by atoms with Crippen LogP contribution in [0.4, 0.5) is 11.4 Å². The summed E-state index contributed by atoms with van der Waals surface area (Å²) < 4.78 is 0. The maximum absolute atomic E-state index is 13.6. The molecule has 4 aliphatic rings. The number of aliphatic imine (C=N–C) groups is 2. The molecule has 3 aliphatic heterocycles. The minimum absolute atomic E-state index is 0.0172. The molecule has 2 aromatic carbocycles. The van der Waals surface area contributed by atoms with Crippen LogP contribution in [-0.2, 0) is 14.4 Å². The minimum Gasteiger partial charge on any atom is -0.368 e. The van der Waals surface area contributed by atoms with Crippen LogP contribution in [0, 0.1) is 0 Å². The molecule has 2 fully saturated rings. The second kappa shape index (κ2) is 12.5. The highest BCUT2D eigenvalue weighted by atomic mass is 32.2. The van der Waals surface area contributed by atoms with Gasteiger partial charge in [0.25, 0.3) is 5.91 Å². The van der Waals surface area contributed by atoms with E-state index in [-0.39, 0.29) is 35.9 Å². The Morgan fingerprint density at radius 3 is 2.44 bits per heavy atom. The number of nitrogens with zero attached hydrogens (tertiary/aromatic N) is 5. The Bertz CT molecular complexity index is 1350. The summed E-state index contributed by atoms with van der Waals surface area (Å²) in [6, 6.07) is 17.5. The third-order valence-electron chi connectivity index (χ3n) is 8.24. The van der Waals surface area contributed by atoms with E-state index in [4.69, 9.17) is 9.98 Å². The van der Waals surface area contributed by atoms with Gasteiger partial charge in [0.1, 0.15) is 11.9 Å². The molecule has 1 saturated heterocycles. The molecular weight excluding hydrogens is 536 g/mol. The first kappa shape index (κ1) is 27.5. The predicted molar refractivity (Wildman–Crippen MR) is 163 cm³/mol. The summed E-state index contributed by atoms with van der Waals surface area (Å²) in [6.45, 7) is 2.88. The van der Waals surface area contributed by atoms with Crippen LogP contribution in [0.5, 0.6) is 0 Å². The zero-order chi connectivity index (χ0) is 28.2. The lowest BCUT2D eigenvalue weighted by molar-refractivity contribution is -0.129. The average Bonchev–Trinajstić information content (AvgIpc) is 3.36. The SMILES string of the molecule is O=C(CC[C@H]1N=C2c3ccccc3N=C(SCC(=O)N3CCN(c4ccccc4)CC3)N2C1=O)NC1CCCCC1. The van der Waals surface area contributed by atoms with Gasteiger partial charge in [0.05, 0.1) is 11.4 Å². The number of anilines is 1. The van der Waals surface area contributed by atoms with Gasteiger partial charge in [-0.3, -0.25) is 19.4 Å². The summed E-state index contributed by atoms with van der Waals surface area (Å²) in [7, 11) is 0. The van der Waals surface area contributed by atoms with Gasteiger partial charge in [-0.2, -0.15) is 0 Å². The number of nitrogens with one attached hydrogen (secondary N) is 1. The average molecular weight is 573 g/mol. The molecule has 0 aromatic heterocycles. The van der Waals surface area contributed by atoms with E-state index in [1.807, 2.05) is 47.4 Å². The van der Waals surface area contributed by atoms with Crippen LogP contribution in [0.15, 0.2) is 64.6 Å². The summed E-state index contributed by atoms with van der Waals surface area (Å²) in [6.07, 6.45) is 6.20. The number of amides is 3. The van der Waals surface area contributed by atoms with E-state index >= 15 is 0 Å². The summed E-state index contributed by atoms with van der Waals surface area (Å²) >= 11 is 1.28. The summed E-state index contributed by atoms with van der Waals surface area (Å²) in [5.41, 5.74) is 2.70. The van der Waals surface area contributed by atoms with Crippen LogP contribution in [0.2, 0.25) is 0 Å². The van der Waals surface area contributed by atoms with Gasteiger partial charge in [-0.15, -0.1) is 0 Å². The van der Waals surface area contributed by atoms with Crippen LogP contribution in [0.3, 0.4) is 0 Å². The Kier molecular flexibility index (Phi) is 8.36. The molecule has 1 saturated carbocycles. The second-order valence-corrected chi connectivity index (χ2v) is 11.9. The fourth-order valence-electron chi connectivity index (χ4n) is 5.97. The molecule has 0 spiro atoms. The molecule has 3 heterocycles. The van der Waals surface area contributed by atoms with Crippen LogP contribution >= 0.6 is 11.8 Å². The standard InChI is InChI=1S/C31H36N6O3S/c38-27(32-22-9-3-1-4-10-22)16-15-26-30(40)37-29(33-26)24-13-7-8-14-25(24)34-31(37)41-21-28(39)36-19-17-35(18-20-36)23-11-5-2-6-12-23/h2,5-8,11-14,22,26H,1,3-4,9-10,15-21H2,(H,32,38)/t26-/m1/s1. The number of thioether (sulfide) groups is 1. The minimum atomic E-state index is -0.638. The van der Waals surface area contributed by atoms with E-state index in [9.17, 15) is 14.4 Å².